The summed E-state index contributed by atoms with van der Waals surface area (Å²) in [5, 5.41) is 0. The van der Waals surface area contributed by atoms with Crippen molar-refractivity contribution < 1.29 is 23.7 Å². The molecule has 3 unspecified atom stereocenters. The van der Waals surface area contributed by atoms with Crippen LogP contribution in [-0.4, -0.2) is 51.7 Å². The average Bonchev–Trinajstić information content (AvgIpc) is 2.48. The second kappa shape index (κ2) is 5.29. The monoisotopic (exact) mass is 204 g/mol. The van der Waals surface area contributed by atoms with Gasteiger partial charge in [0.05, 0.1) is 13.2 Å². The first-order chi connectivity index (χ1) is 6.69. The van der Waals surface area contributed by atoms with Crippen molar-refractivity contribution in [2.75, 3.05) is 27.4 Å². The van der Waals surface area contributed by atoms with Crippen LogP contribution in [0.15, 0.2) is 0 Å². The quantitative estimate of drug-likeness (QED) is 0.602. The van der Waals surface area contributed by atoms with E-state index in [1.165, 1.54) is 6.92 Å². The molecule has 0 spiro atoms. The number of rotatable bonds is 4. The van der Waals surface area contributed by atoms with E-state index in [4.69, 9.17) is 18.9 Å². The number of carbonyl (C=O) groups excluding carboxylic acids is 1. The van der Waals surface area contributed by atoms with Crippen molar-refractivity contribution in [2.24, 2.45) is 0 Å². The first-order valence-electron chi connectivity index (χ1n) is 4.49. The Labute approximate surface area is 83.3 Å². The van der Waals surface area contributed by atoms with Gasteiger partial charge >= 0.3 is 5.97 Å². The van der Waals surface area contributed by atoms with Crippen LogP contribution >= 0.6 is 0 Å². The van der Waals surface area contributed by atoms with E-state index < -0.39 is 0 Å². The van der Waals surface area contributed by atoms with Crippen molar-refractivity contribution in [3.8, 4) is 0 Å². The molecule has 0 aromatic rings. The Balaban J connectivity index is 2.55. The molecule has 1 heterocycles. The van der Waals surface area contributed by atoms with Crippen LogP contribution < -0.4 is 0 Å². The molecule has 0 amide bonds. The summed E-state index contributed by atoms with van der Waals surface area (Å²) in [5.41, 5.74) is 0. The van der Waals surface area contributed by atoms with Gasteiger partial charge in [-0.3, -0.25) is 4.79 Å². The molecule has 3 atom stereocenters. The smallest absolute Gasteiger partial charge is 0.303 e. The van der Waals surface area contributed by atoms with E-state index in [2.05, 4.69) is 0 Å². The lowest BCUT2D eigenvalue weighted by Crippen LogP contribution is -2.37. The molecule has 0 saturated carbocycles. The van der Waals surface area contributed by atoms with E-state index in [0.29, 0.717) is 13.2 Å². The van der Waals surface area contributed by atoms with Crippen molar-refractivity contribution in [2.45, 2.75) is 25.2 Å². The SMILES string of the molecule is COCC1OCC(OC)C1OC(C)=O. The van der Waals surface area contributed by atoms with E-state index in [9.17, 15) is 4.79 Å². The van der Waals surface area contributed by atoms with Gasteiger partial charge in [-0.25, -0.2) is 0 Å². The summed E-state index contributed by atoms with van der Waals surface area (Å²) in [6.07, 6.45) is -0.787. The van der Waals surface area contributed by atoms with Gasteiger partial charge in [-0.15, -0.1) is 0 Å². The second-order valence-electron chi connectivity index (χ2n) is 3.18. The molecule has 1 aliphatic rings. The number of methoxy groups -OCH3 is 2. The van der Waals surface area contributed by atoms with Gasteiger partial charge < -0.3 is 18.9 Å². The van der Waals surface area contributed by atoms with Gasteiger partial charge in [0.1, 0.15) is 12.2 Å². The van der Waals surface area contributed by atoms with Gasteiger partial charge in [0.25, 0.3) is 0 Å². The van der Waals surface area contributed by atoms with Gasteiger partial charge in [-0.2, -0.15) is 0 Å². The highest BCUT2D eigenvalue weighted by Crippen LogP contribution is 2.20. The number of carbonyl (C=O) groups is 1. The fourth-order valence-corrected chi connectivity index (χ4v) is 1.50. The molecule has 1 fully saturated rings. The summed E-state index contributed by atoms with van der Waals surface area (Å²) >= 11 is 0. The van der Waals surface area contributed by atoms with Crippen molar-refractivity contribution in [1.29, 1.82) is 0 Å². The Morgan fingerprint density at radius 1 is 1.50 bits per heavy atom. The fraction of sp³-hybridized carbons (Fsp3) is 0.889. The van der Waals surface area contributed by atoms with E-state index >= 15 is 0 Å². The molecule has 0 bridgehead atoms. The third-order valence-corrected chi connectivity index (χ3v) is 2.14. The number of hydrogen-bond acceptors (Lipinski definition) is 5. The zero-order valence-electron chi connectivity index (χ0n) is 8.69. The summed E-state index contributed by atoms with van der Waals surface area (Å²) in [4.78, 5) is 10.8. The number of esters is 1. The molecular weight excluding hydrogens is 188 g/mol. The molecule has 5 nitrogen and oxygen atoms in total. The molecule has 0 N–H and O–H groups in total. The minimum absolute atomic E-state index is 0.195. The molecule has 5 heteroatoms. The van der Waals surface area contributed by atoms with E-state index in [-0.39, 0.29) is 24.3 Å². The minimum atomic E-state index is -0.363. The molecule has 1 rings (SSSR count). The predicted molar refractivity (Wildman–Crippen MR) is 48.0 cm³/mol. The molecule has 0 aromatic carbocycles. The summed E-state index contributed by atoms with van der Waals surface area (Å²) in [7, 11) is 3.15. The van der Waals surface area contributed by atoms with Crippen molar-refractivity contribution in [3.63, 3.8) is 0 Å². The molecule has 82 valence electrons. The number of hydrogen-bond donors (Lipinski definition) is 0. The molecule has 1 aliphatic heterocycles. The maximum Gasteiger partial charge on any atom is 0.303 e. The largest absolute Gasteiger partial charge is 0.457 e. The minimum Gasteiger partial charge on any atom is -0.457 e. The topological polar surface area (TPSA) is 54.0 Å². The van der Waals surface area contributed by atoms with E-state index in [1.807, 2.05) is 0 Å². The predicted octanol–water partition coefficient (Wildman–Crippen LogP) is -0.0217. The van der Waals surface area contributed by atoms with Gasteiger partial charge in [-0.05, 0) is 0 Å². The normalized spacial score (nSPS) is 31.8. The van der Waals surface area contributed by atoms with Crippen LogP contribution in [0.3, 0.4) is 0 Å². The summed E-state index contributed by atoms with van der Waals surface area (Å²) in [6, 6.07) is 0. The van der Waals surface area contributed by atoms with Crippen molar-refractivity contribution in [1.82, 2.24) is 0 Å². The Bertz CT molecular complexity index is 194. The first-order valence-corrected chi connectivity index (χ1v) is 4.49. The second-order valence-corrected chi connectivity index (χ2v) is 3.18. The fourth-order valence-electron chi connectivity index (χ4n) is 1.50. The highest BCUT2D eigenvalue weighted by molar-refractivity contribution is 5.66. The van der Waals surface area contributed by atoms with E-state index in [0.717, 1.165) is 0 Å². The van der Waals surface area contributed by atoms with Crippen LogP contribution in [0.4, 0.5) is 0 Å². The number of ether oxygens (including phenoxy) is 4. The van der Waals surface area contributed by atoms with Crippen LogP contribution in [0.1, 0.15) is 6.92 Å². The highest BCUT2D eigenvalue weighted by Gasteiger charge is 2.39. The van der Waals surface area contributed by atoms with Gasteiger partial charge in [0.2, 0.25) is 0 Å². The van der Waals surface area contributed by atoms with Crippen LogP contribution in [0.2, 0.25) is 0 Å². The van der Waals surface area contributed by atoms with E-state index in [1.54, 1.807) is 14.2 Å². The Morgan fingerprint density at radius 2 is 2.21 bits per heavy atom. The first kappa shape index (κ1) is 11.4. The lowest BCUT2D eigenvalue weighted by molar-refractivity contribution is -0.155. The van der Waals surface area contributed by atoms with Crippen molar-refractivity contribution in [3.05, 3.63) is 0 Å². The molecule has 0 aliphatic carbocycles. The molecule has 0 radical (unpaired) electrons. The van der Waals surface area contributed by atoms with Crippen LogP contribution in [0.25, 0.3) is 0 Å². The maximum absolute atomic E-state index is 10.8. The highest BCUT2D eigenvalue weighted by atomic mass is 16.6. The lowest BCUT2D eigenvalue weighted by Gasteiger charge is -2.20. The Hall–Kier alpha value is -0.650. The molecule has 14 heavy (non-hydrogen) atoms. The van der Waals surface area contributed by atoms with Crippen LogP contribution in [-0.2, 0) is 23.7 Å². The molecular formula is C9H16O5. The van der Waals surface area contributed by atoms with Crippen molar-refractivity contribution >= 4 is 5.97 Å². The van der Waals surface area contributed by atoms with Gasteiger partial charge in [-0.1, -0.05) is 0 Å². The maximum atomic E-state index is 10.8. The summed E-state index contributed by atoms with van der Waals surface area (Å²) < 4.78 is 20.6. The Morgan fingerprint density at radius 3 is 2.71 bits per heavy atom. The lowest BCUT2D eigenvalue weighted by atomic mass is 10.1. The third-order valence-electron chi connectivity index (χ3n) is 2.14. The Kier molecular flexibility index (Phi) is 4.31. The third kappa shape index (κ3) is 2.67. The van der Waals surface area contributed by atoms with Crippen LogP contribution in [0.5, 0.6) is 0 Å². The van der Waals surface area contributed by atoms with Crippen LogP contribution in [0, 0.1) is 0 Å². The average molecular weight is 204 g/mol. The summed E-state index contributed by atoms with van der Waals surface area (Å²) in [6.45, 7) is 2.20. The molecule has 1 saturated heterocycles. The molecule has 0 aromatic heterocycles. The van der Waals surface area contributed by atoms with Gasteiger partial charge in [0.15, 0.2) is 6.10 Å². The summed E-state index contributed by atoms with van der Waals surface area (Å²) in [5.74, 6) is -0.330. The zero-order valence-corrected chi connectivity index (χ0v) is 8.69. The zero-order chi connectivity index (χ0) is 10.6. The standard InChI is InChI=1S/C9H16O5/c1-6(10)14-9-7(12-3)5-13-8(9)4-11-2/h7-9H,4-5H2,1-3H3. The van der Waals surface area contributed by atoms with Gasteiger partial charge in [0, 0.05) is 21.1 Å².